The van der Waals surface area contributed by atoms with Crippen molar-refractivity contribution in [2.75, 3.05) is 6.61 Å². The molecule has 0 saturated carbocycles. The summed E-state index contributed by atoms with van der Waals surface area (Å²) in [5.74, 6) is -2.91. The fourth-order valence-electron chi connectivity index (χ4n) is 4.24. The number of pyridine rings is 1. The molecule has 2 aliphatic heterocycles. The Morgan fingerprint density at radius 2 is 1.75 bits per heavy atom. The van der Waals surface area contributed by atoms with E-state index in [-0.39, 0.29) is 46.2 Å². The predicted molar refractivity (Wildman–Crippen MR) is 134 cm³/mol. The summed E-state index contributed by atoms with van der Waals surface area (Å²) < 4.78 is 75.5. The quantitative estimate of drug-likeness (QED) is 0.182. The van der Waals surface area contributed by atoms with Crippen LogP contribution in [-0.2, 0) is 15.7 Å². The van der Waals surface area contributed by atoms with Crippen molar-refractivity contribution >= 4 is 5.97 Å². The first-order valence-electron chi connectivity index (χ1n) is 12.0. The maximum atomic E-state index is 14.3. The second kappa shape index (κ2) is 10.4. The van der Waals surface area contributed by atoms with Crippen molar-refractivity contribution < 1.29 is 31.5 Å². The molecule has 204 valence electrons. The summed E-state index contributed by atoms with van der Waals surface area (Å²) in [5, 5.41) is 4.24. The number of aryl methyl sites for hydroxylation is 1. The van der Waals surface area contributed by atoms with Crippen LogP contribution in [0.4, 0.5) is 22.0 Å². The van der Waals surface area contributed by atoms with E-state index < -0.39 is 35.4 Å². The number of aromatic nitrogens is 5. The molecule has 0 saturated heterocycles. The number of carbonyl (C=O) groups is 1. The average molecular weight is 553 g/mol. The fraction of sp³-hybridized carbons (Fsp3) is 0.179. The highest BCUT2D eigenvalue weighted by Crippen LogP contribution is 2.37. The predicted octanol–water partition coefficient (Wildman–Crippen LogP) is 6.26. The first-order chi connectivity index (χ1) is 19.1. The normalized spacial score (nSPS) is 12.5. The number of ether oxygens (including phenoxy) is 1. The molecule has 3 aromatic rings. The van der Waals surface area contributed by atoms with Gasteiger partial charge in [0.15, 0.2) is 23.5 Å². The minimum Gasteiger partial charge on any atom is -0.464 e. The first-order valence-corrected chi connectivity index (χ1v) is 12.0. The standard InChI is InChI=1S/C28H20F5N5O2/c1-3-40-27(39)25(16-8-10-21(34-12-16)17-9-7-15(2)11-19(17)28(31,32)33)38-14-23-22(13-35-38)36-26(37-23)18-5-4-6-20(29)24(18)30/h4-14,25H,3H2,1-2H3. The molecule has 0 amide bonds. The minimum absolute atomic E-state index is 0.0567. The summed E-state index contributed by atoms with van der Waals surface area (Å²) in [5.41, 5.74) is 0.245. The van der Waals surface area contributed by atoms with Crippen molar-refractivity contribution in [1.82, 2.24) is 24.7 Å². The first kappa shape index (κ1) is 26.9. The van der Waals surface area contributed by atoms with Gasteiger partial charge in [0.2, 0.25) is 0 Å². The van der Waals surface area contributed by atoms with Crippen molar-refractivity contribution in [3.8, 4) is 34.0 Å². The van der Waals surface area contributed by atoms with Gasteiger partial charge in [-0.2, -0.15) is 18.3 Å². The second-order valence-corrected chi connectivity index (χ2v) is 8.85. The van der Waals surface area contributed by atoms with Gasteiger partial charge in [0.05, 0.1) is 35.8 Å². The maximum Gasteiger partial charge on any atom is 0.417 e. The molecule has 1 atom stereocenters. The van der Waals surface area contributed by atoms with Crippen molar-refractivity contribution in [3.05, 3.63) is 95.4 Å². The highest BCUT2D eigenvalue weighted by Gasteiger charge is 2.34. The van der Waals surface area contributed by atoms with E-state index >= 15 is 0 Å². The lowest BCUT2D eigenvalue weighted by atomic mass is 10.00. The van der Waals surface area contributed by atoms with Gasteiger partial charge in [0.25, 0.3) is 0 Å². The molecular weight excluding hydrogens is 533 g/mol. The molecule has 1 aromatic heterocycles. The molecule has 7 nitrogen and oxygen atoms in total. The Morgan fingerprint density at radius 1 is 0.975 bits per heavy atom. The van der Waals surface area contributed by atoms with Gasteiger partial charge >= 0.3 is 12.1 Å². The van der Waals surface area contributed by atoms with E-state index in [1.54, 1.807) is 19.9 Å². The zero-order chi connectivity index (χ0) is 28.6. The van der Waals surface area contributed by atoms with E-state index in [4.69, 9.17) is 4.74 Å². The number of rotatable bonds is 6. The van der Waals surface area contributed by atoms with Gasteiger partial charge < -0.3 is 4.74 Å². The Labute approximate surface area is 224 Å². The summed E-state index contributed by atoms with van der Waals surface area (Å²) in [4.78, 5) is 25.7. The van der Waals surface area contributed by atoms with Gasteiger partial charge in [-0.1, -0.05) is 29.8 Å². The van der Waals surface area contributed by atoms with Gasteiger partial charge in [-0.3, -0.25) is 9.67 Å². The number of hydrogen-bond acceptors (Lipinski definition) is 6. The number of carbonyl (C=O) groups excluding carboxylic acids is 1. The molecule has 0 N–H and O–H groups in total. The zero-order valence-electron chi connectivity index (χ0n) is 21.1. The summed E-state index contributed by atoms with van der Waals surface area (Å²) >= 11 is 0. The molecular formula is C28H20F5N5O2. The van der Waals surface area contributed by atoms with E-state index in [0.717, 1.165) is 12.1 Å². The number of benzene rings is 2. The highest BCUT2D eigenvalue weighted by molar-refractivity contribution is 5.78. The SMILES string of the molecule is CCOC(=O)C(c1ccc(-c2ccc(C)cc2C(F)(F)F)nc1)n1cc2nc(-c3cccc(F)c3F)nc-2cn1. The number of hydrogen-bond donors (Lipinski definition) is 0. The fourth-order valence-corrected chi connectivity index (χ4v) is 4.24. The van der Waals surface area contributed by atoms with Crippen LogP contribution < -0.4 is 0 Å². The Kier molecular flexibility index (Phi) is 7.01. The molecule has 0 spiro atoms. The van der Waals surface area contributed by atoms with E-state index in [0.29, 0.717) is 5.56 Å². The lowest BCUT2D eigenvalue weighted by Gasteiger charge is -2.19. The number of alkyl halides is 3. The summed E-state index contributed by atoms with van der Waals surface area (Å²) in [6, 6.07) is 9.27. The average Bonchev–Trinajstić information content (AvgIpc) is 3.34. The Balaban J connectivity index is 1.54. The molecule has 0 radical (unpaired) electrons. The van der Waals surface area contributed by atoms with E-state index in [1.807, 2.05) is 0 Å². The van der Waals surface area contributed by atoms with Gasteiger partial charge in [-0.05, 0) is 38.1 Å². The monoisotopic (exact) mass is 553 g/mol. The van der Waals surface area contributed by atoms with Crippen molar-refractivity contribution in [2.24, 2.45) is 0 Å². The molecule has 0 aliphatic carbocycles. The van der Waals surface area contributed by atoms with Crippen molar-refractivity contribution in [2.45, 2.75) is 26.1 Å². The van der Waals surface area contributed by atoms with Crippen LogP contribution in [0.5, 0.6) is 0 Å². The van der Waals surface area contributed by atoms with Gasteiger partial charge in [-0.25, -0.2) is 23.5 Å². The van der Waals surface area contributed by atoms with Crippen LogP contribution in [0, 0.1) is 18.6 Å². The molecule has 0 bridgehead atoms. The topological polar surface area (TPSA) is 82.8 Å². The molecule has 1 unspecified atom stereocenters. The number of fused-ring (bicyclic) bond motifs is 1. The molecule has 3 heterocycles. The number of nitrogens with zero attached hydrogens (tertiary/aromatic N) is 5. The van der Waals surface area contributed by atoms with Crippen molar-refractivity contribution in [1.29, 1.82) is 0 Å². The number of halogens is 5. The summed E-state index contributed by atoms with van der Waals surface area (Å²) in [6.07, 6.45) is -0.614. The van der Waals surface area contributed by atoms with Crippen LogP contribution in [0.25, 0.3) is 34.0 Å². The lowest BCUT2D eigenvalue weighted by Crippen LogP contribution is -2.25. The van der Waals surface area contributed by atoms with Crippen molar-refractivity contribution in [3.63, 3.8) is 0 Å². The molecule has 2 aliphatic rings. The third kappa shape index (κ3) is 5.12. The number of imidazole rings is 1. The number of esters is 1. The summed E-state index contributed by atoms with van der Waals surface area (Å²) in [7, 11) is 0. The molecule has 40 heavy (non-hydrogen) atoms. The smallest absolute Gasteiger partial charge is 0.417 e. The van der Waals surface area contributed by atoms with E-state index in [2.05, 4.69) is 20.1 Å². The van der Waals surface area contributed by atoms with E-state index in [9.17, 15) is 26.7 Å². The Hall–Kier alpha value is -4.74. The maximum absolute atomic E-state index is 14.3. The van der Waals surface area contributed by atoms with Crippen LogP contribution in [0.3, 0.4) is 0 Å². The Bertz CT molecular complexity index is 1670. The van der Waals surface area contributed by atoms with Crippen LogP contribution in [0.1, 0.15) is 29.7 Å². The third-order valence-electron chi connectivity index (χ3n) is 6.11. The molecule has 5 rings (SSSR count). The Morgan fingerprint density at radius 3 is 2.45 bits per heavy atom. The van der Waals surface area contributed by atoms with Gasteiger partial charge in [-0.15, -0.1) is 0 Å². The molecule has 12 heteroatoms. The van der Waals surface area contributed by atoms with E-state index in [1.165, 1.54) is 53.6 Å². The molecule has 2 aromatic carbocycles. The summed E-state index contributed by atoms with van der Waals surface area (Å²) in [6.45, 7) is 3.24. The van der Waals surface area contributed by atoms with Crippen LogP contribution in [-0.4, -0.2) is 37.3 Å². The molecule has 0 fully saturated rings. The minimum atomic E-state index is -4.59. The third-order valence-corrected chi connectivity index (χ3v) is 6.11. The second-order valence-electron chi connectivity index (χ2n) is 8.85. The van der Waals surface area contributed by atoms with Crippen LogP contribution >= 0.6 is 0 Å². The highest BCUT2D eigenvalue weighted by atomic mass is 19.4. The lowest BCUT2D eigenvalue weighted by molar-refractivity contribution is -0.146. The zero-order valence-corrected chi connectivity index (χ0v) is 21.1. The van der Waals surface area contributed by atoms with Gasteiger partial charge in [0.1, 0.15) is 11.4 Å². The van der Waals surface area contributed by atoms with Crippen LogP contribution in [0.15, 0.2) is 67.1 Å². The van der Waals surface area contributed by atoms with Crippen LogP contribution in [0.2, 0.25) is 0 Å². The van der Waals surface area contributed by atoms with Gasteiger partial charge in [0, 0.05) is 17.3 Å². The largest absolute Gasteiger partial charge is 0.464 e.